The first-order valence-corrected chi connectivity index (χ1v) is 4.26. The standard InChI is InChI=1S/C8H15NO/c10-8-3-1-2-7(8)6-4-9-5-6/h6-10H,1-5H2. The molecule has 1 aliphatic heterocycles. The molecule has 0 aromatic rings. The lowest BCUT2D eigenvalue weighted by atomic mass is 9.85. The van der Waals surface area contributed by atoms with Crippen molar-refractivity contribution in [2.45, 2.75) is 25.4 Å². The molecule has 58 valence electrons. The largest absolute Gasteiger partial charge is 0.393 e. The van der Waals surface area contributed by atoms with Gasteiger partial charge in [0.05, 0.1) is 6.10 Å². The van der Waals surface area contributed by atoms with Gasteiger partial charge in [0.15, 0.2) is 0 Å². The summed E-state index contributed by atoms with van der Waals surface area (Å²) in [6, 6.07) is 0. The quantitative estimate of drug-likeness (QED) is 0.553. The summed E-state index contributed by atoms with van der Waals surface area (Å²) >= 11 is 0. The van der Waals surface area contributed by atoms with Crippen LogP contribution in [-0.2, 0) is 0 Å². The number of hydrogen-bond donors (Lipinski definition) is 2. The number of nitrogens with one attached hydrogen (secondary N) is 1. The molecule has 10 heavy (non-hydrogen) atoms. The summed E-state index contributed by atoms with van der Waals surface area (Å²) in [5.41, 5.74) is 0. The number of hydrogen-bond acceptors (Lipinski definition) is 2. The predicted octanol–water partition coefficient (Wildman–Crippen LogP) is 0.367. The van der Waals surface area contributed by atoms with Crippen LogP contribution in [0, 0.1) is 11.8 Å². The van der Waals surface area contributed by atoms with Crippen molar-refractivity contribution in [3.05, 3.63) is 0 Å². The highest BCUT2D eigenvalue weighted by Gasteiger charge is 2.35. The Hall–Kier alpha value is -0.0800. The third-order valence-electron chi connectivity index (χ3n) is 2.95. The molecule has 0 radical (unpaired) electrons. The number of aliphatic hydroxyl groups excluding tert-OH is 1. The SMILES string of the molecule is OC1CCCC1C1CNC1. The van der Waals surface area contributed by atoms with Crippen molar-refractivity contribution in [3.8, 4) is 0 Å². The lowest BCUT2D eigenvalue weighted by Crippen LogP contribution is -2.47. The summed E-state index contributed by atoms with van der Waals surface area (Å²) in [5.74, 6) is 1.42. The molecular formula is C8H15NO. The number of rotatable bonds is 1. The Bertz CT molecular complexity index is 122. The first-order chi connectivity index (χ1) is 4.88. The zero-order chi connectivity index (χ0) is 6.97. The monoisotopic (exact) mass is 141 g/mol. The third-order valence-corrected chi connectivity index (χ3v) is 2.95. The molecule has 2 atom stereocenters. The molecule has 0 bridgehead atoms. The smallest absolute Gasteiger partial charge is 0.0572 e. The van der Waals surface area contributed by atoms with E-state index in [2.05, 4.69) is 5.32 Å². The lowest BCUT2D eigenvalue weighted by molar-refractivity contribution is 0.0776. The Balaban J connectivity index is 1.90. The van der Waals surface area contributed by atoms with E-state index >= 15 is 0 Å². The Morgan fingerprint density at radius 3 is 2.40 bits per heavy atom. The maximum atomic E-state index is 9.50. The van der Waals surface area contributed by atoms with E-state index in [-0.39, 0.29) is 6.10 Å². The van der Waals surface area contributed by atoms with Crippen molar-refractivity contribution in [1.82, 2.24) is 5.32 Å². The zero-order valence-corrected chi connectivity index (χ0v) is 6.21. The van der Waals surface area contributed by atoms with E-state index < -0.39 is 0 Å². The molecule has 1 saturated carbocycles. The second-order valence-corrected chi connectivity index (χ2v) is 3.58. The van der Waals surface area contributed by atoms with Gasteiger partial charge in [-0.15, -0.1) is 0 Å². The highest BCUT2D eigenvalue weighted by Crippen LogP contribution is 2.33. The maximum absolute atomic E-state index is 9.50. The van der Waals surface area contributed by atoms with Crippen LogP contribution in [0.1, 0.15) is 19.3 Å². The fourth-order valence-corrected chi connectivity index (χ4v) is 2.13. The van der Waals surface area contributed by atoms with Crippen molar-refractivity contribution in [3.63, 3.8) is 0 Å². The summed E-state index contributed by atoms with van der Waals surface area (Å²) in [7, 11) is 0. The summed E-state index contributed by atoms with van der Waals surface area (Å²) in [6.07, 6.45) is 3.56. The van der Waals surface area contributed by atoms with Gasteiger partial charge in [-0.2, -0.15) is 0 Å². The lowest BCUT2D eigenvalue weighted by Gasteiger charge is -2.34. The van der Waals surface area contributed by atoms with Crippen LogP contribution in [-0.4, -0.2) is 24.3 Å². The van der Waals surface area contributed by atoms with Gasteiger partial charge in [-0.3, -0.25) is 0 Å². The predicted molar refractivity (Wildman–Crippen MR) is 39.7 cm³/mol. The van der Waals surface area contributed by atoms with E-state index in [9.17, 15) is 5.11 Å². The van der Waals surface area contributed by atoms with E-state index in [1.165, 1.54) is 12.8 Å². The van der Waals surface area contributed by atoms with Crippen LogP contribution in [0.15, 0.2) is 0 Å². The van der Waals surface area contributed by atoms with Crippen LogP contribution in [0.4, 0.5) is 0 Å². The molecular weight excluding hydrogens is 126 g/mol. The van der Waals surface area contributed by atoms with Gasteiger partial charge in [0.2, 0.25) is 0 Å². The Morgan fingerprint density at radius 2 is 2.00 bits per heavy atom. The first-order valence-electron chi connectivity index (χ1n) is 4.26. The van der Waals surface area contributed by atoms with Crippen LogP contribution >= 0.6 is 0 Å². The Kier molecular flexibility index (Phi) is 1.66. The molecule has 0 aromatic heterocycles. The maximum Gasteiger partial charge on any atom is 0.0572 e. The minimum atomic E-state index is 0.0205. The first kappa shape index (κ1) is 6.62. The topological polar surface area (TPSA) is 32.3 Å². The summed E-state index contributed by atoms with van der Waals surface area (Å²) in [5, 5.41) is 12.7. The zero-order valence-electron chi connectivity index (χ0n) is 6.21. The molecule has 1 saturated heterocycles. The molecule has 1 aliphatic carbocycles. The average Bonchev–Trinajstić information content (AvgIpc) is 2.12. The third kappa shape index (κ3) is 0.956. The highest BCUT2D eigenvalue weighted by atomic mass is 16.3. The van der Waals surface area contributed by atoms with E-state index in [1.807, 2.05) is 0 Å². The van der Waals surface area contributed by atoms with Gasteiger partial charge in [-0.25, -0.2) is 0 Å². The second-order valence-electron chi connectivity index (χ2n) is 3.58. The Labute approximate surface area is 61.6 Å². The van der Waals surface area contributed by atoms with Gasteiger partial charge in [0.1, 0.15) is 0 Å². The van der Waals surface area contributed by atoms with Gasteiger partial charge in [0.25, 0.3) is 0 Å². The van der Waals surface area contributed by atoms with Crippen LogP contribution < -0.4 is 5.32 Å². The van der Waals surface area contributed by atoms with Crippen LogP contribution in [0.25, 0.3) is 0 Å². The van der Waals surface area contributed by atoms with Crippen LogP contribution in [0.3, 0.4) is 0 Å². The fraction of sp³-hybridized carbons (Fsp3) is 1.00. The molecule has 2 aliphatic rings. The molecule has 2 fully saturated rings. The minimum Gasteiger partial charge on any atom is -0.393 e. The number of aliphatic hydroxyl groups is 1. The van der Waals surface area contributed by atoms with Crippen molar-refractivity contribution in [2.24, 2.45) is 11.8 Å². The van der Waals surface area contributed by atoms with Crippen LogP contribution in [0.5, 0.6) is 0 Å². The molecule has 2 nitrogen and oxygen atoms in total. The molecule has 2 heteroatoms. The fourth-order valence-electron chi connectivity index (χ4n) is 2.13. The van der Waals surface area contributed by atoms with Crippen LogP contribution in [0.2, 0.25) is 0 Å². The molecule has 0 amide bonds. The molecule has 2 N–H and O–H groups in total. The summed E-state index contributed by atoms with van der Waals surface area (Å²) in [4.78, 5) is 0. The van der Waals surface area contributed by atoms with Crippen molar-refractivity contribution >= 4 is 0 Å². The van der Waals surface area contributed by atoms with Gasteiger partial charge >= 0.3 is 0 Å². The molecule has 1 heterocycles. The van der Waals surface area contributed by atoms with Crippen molar-refractivity contribution in [2.75, 3.05) is 13.1 Å². The normalized spacial score (nSPS) is 41.7. The molecule has 2 rings (SSSR count). The van der Waals surface area contributed by atoms with Gasteiger partial charge in [-0.05, 0) is 37.8 Å². The minimum absolute atomic E-state index is 0.0205. The van der Waals surface area contributed by atoms with Crippen molar-refractivity contribution < 1.29 is 5.11 Å². The van der Waals surface area contributed by atoms with Gasteiger partial charge in [-0.1, -0.05) is 6.42 Å². The van der Waals surface area contributed by atoms with E-state index in [1.54, 1.807) is 0 Å². The highest BCUT2D eigenvalue weighted by molar-refractivity contribution is 4.88. The van der Waals surface area contributed by atoms with E-state index in [0.29, 0.717) is 5.92 Å². The molecule has 2 unspecified atom stereocenters. The second kappa shape index (κ2) is 2.51. The molecule has 0 spiro atoms. The average molecular weight is 141 g/mol. The van der Waals surface area contributed by atoms with Gasteiger partial charge in [0, 0.05) is 0 Å². The van der Waals surface area contributed by atoms with E-state index in [4.69, 9.17) is 0 Å². The van der Waals surface area contributed by atoms with Gasteiger partial charge < -0.3 is 10.4 Å². The van der Waals surface area contributed by atoms with Crippen molar-refractivity contribution in [1.29, 1.82) is 0 Å². The molecule has 0 aromatic carbocycles. The Morgan fingerprint density at radius 1 is 1.20 bits per heavy atom. The summed E-state index contributed by atoms with van der Waals surface area (Å²) in [6.45, 7) is 2.28. The summed E-state index contributed by atoms with van der Waals surface area (Å²) < 4.78 is 0. The van der Waals surface area contributed by atoms with E-state index in [0.717, 1.165) is 25.4 Å².